The Bertz CT molecular complexity index is 529. The number of halogens is 1. The van der Waals surface area contributed by atoms with Crippen molar-refractivity contribution in [1.82, 2.24) is 4.90 Å². The molecule has 0 radical (unpaired) electrons. The number of urea groups is 1. The van der Waals surface area contributed by atoms with Crippen LogP contribution in [0.4, 0.5) is 10.5 Å². The van der Waals surface area contributed by atoms with Crippen LogP contribution in [-0.4, -0.2) is 42.2 Å². The van der Waals surface area contributed by atoms with Crippen molar-refractivity contribution in [2.24, 2.45) is 5.92 Å². The molecule has 1 heterocycles. The van der Waals surface area contributed by atoms with E-state index in [9.17, 15) is 9.59 Å². The van der Waals surface area contributed by atoms with E-state index in [1.54, 1.807) is 23.1 Å². The highest BCUT2D eigenvalue weighted by molar-refractivity contribution is 6.33. The number of hydrogen-bond donors (Lipinski definition) is 2. The molecule has 1 fully saturated rings. The molecule has 1 aromatic rings. The summed E-state index contributed by atoms with van der Waals surface area (Å²) in [5.41, 5.74) is 0.470. The van der Waals surface area contributed by atoms with Gasteiger partial charge in [-0.05, 0) is 12.1 Å². The van der Waals surface area contributed by atoms with Crippen molar-refractivity contribution >= 4 is 29.3 Å². The van der Waals surface area contributed by atoms with Gasteiger partial charge in [0.05, 0.1) is 24.2 Å². The van der Waals surface area contributed by atoms with Crippen molar-refractivity contribution in [3.63, 3.8) is 0 Å². The zero-order valence-corrected chi connectivity index (χ0v) is 11.7. The summed E-state index contributed by atoms with van der Waals surface area (Å²) in [6.07, 6.45) is 0.0870. The summed E-state index contributed by atoms with van der Waals surface area (Å²) in [6, 6.07) is 4.68. The van der Waals surface area contributed by atoms with E-state index in [2.05, 4.69) is 5.32 Å². The molecule has 1 aromatic carbocycles. The Balaban J connectivity index is 1.91. The highest BCUT2D eigenvalue weighted by Crippen LogP contribution is 2.28. The number of benzene rings is 1. The van der Waals surface area contributed by atoms with Crippen LogP contribution in [0.25, 0.3) is 0 Å². The molecule has 0 spiro atoms. The van der Waals surface area contributed by atoms with E-state index in [-0.39, 0.29) is 18.4 Å². The second-order valence-electron chi connectivity index (χ2n) is 4.64. The Morgan fingerprint density at radius 2 is 2.20 bits per heavy atom. The molecule has 6 nitrogen and oxygen atoms in total. The lowest BCUT2D eigenvalue weighted by atomic mass is 9.97. The summed E-state index contributed by atoms with van der Waals surface area (Å²) in [6.45, 7) is 0.888. The van der Waals surface area contributed by atoms with Gasteiger partial charge < -0.3 is 20.1 Å². The number of methoxy groups -OCH3 is 1. The molecule has 108 valence electrons. The van der Waals surface area contributed by atoms with E-state index in [0.717, 1.165) is 0 Å². The number of carboxylic acid groups (broad SMARTS) is 1. The summed E-state index contributed by atoms with van der Waals surface area (Å²) in [5.74, 6) is -0.220. The molecule has 1 aliphatic rings. The van der Waals surface area contributed by atoms with Crippen LogP contribution in [0.1, 0.15) is 6.42 Å². The van der Waals surface area contributed by atoms with Gasteiger partial charge in [-0.2, -0.15) is 0 Å². The van der Waals surface area contributed by atoms with Gasteiger partial charge in [-0.25, -0.2) is 4.79 Å². The van der Waals surface area contributed by atoms with E-state index in [1.165, 1.54) is 7.11 Å². The lowest BCUT2D eigenvalue weighted by Gasteiger charge is -2.38. The van der Waals surface area contributed by atoms with Crippen LogP contribution in [0.3, 0.4) is 0 Å². The molecule has 2 rings (SSSR count). The van der Waals surface area contributed by atoms with Crippen molar-refractivity contribution in [3.05, 3.63) is 23.2 Å². The zero-order valence-electron chi connectivity index (χ0n) is 10.9. The molecular formula is C13H15ClN2O4. The van der Waals surface area contributed by atoms with Gasteiger partial charge in [-0.15, -0.1) is 0 Å². The molecule has 0 saturated carbocycles. The van der Waals surface area contributed by atoms with Crippen molar-refractivity contribution in [3.8, 4) is 5.75 Å². The van der Waals surface area contributed by atoms with Gasteiger partial charge in [-0.1, -0.05) is 11.6 Å². The Labute approximate surface area is 121 Å². The van der Waals surface area contributed by atoms with Gasteiger partial charge in [0.25, 0.3) is 0 Å². The second kappa shape index (κ2) is 6.00. The number of carbonyl (C=O) groups is 2. The summed E-state index contributed by atoms with van der Waals surface area (Å²) in [7, 11) is 1.53. The molecule has 0 aliphatic carbocycles. The Morgan fingerprint density at radius 3 is 2.80 bits per heavy atom. The van der Waals surface area contributed by atoms with Crippen LogP contribution in [-0.2, 0) is 4.79 Å². The molecule has 0 aromatic heterocycles. The first-order chi connectivity index (χ1) is 9.49. The first-order valence-corrected chi connectivity index (χ1v) is 6.48. The normalized spacial score (nSPS) is 14.6. The maximum Gasteiger partial charge on any atom is 0.321 e. The Hall–Kier alpha value is -1.95. The third-order valence-electron chi connectivity index (χ3n) is 3.12. The Kier molecular flexibility index (Phi) is 4.34. The number of nitrogens with zero attached hydrogens (tertiary/aromatic N) is 1. The average Bonchev–Trinajstić information content (AvgIpc) is 2.35. The third-order valence-corrected chi connectivity index (χ3v) is 3.45. The lowest BCUT2D eigenvalue weighted by molar-refractivity contribution is -0.139. The van der Waals surface area contributed by atoms with Crippen molar-refractivity contribution in [1.29, 1.82) is 0 Å². The topological polar surface area (TPSA) is 78.9 Å². The first-order valence-electron chi connectivity index (χ1n) is 6.11. The molecule has 0 atom stereocenters. The highest BCUT2D eigenvalue weighted by Gasteiger charge is 2.32. The predicted molar refractivity (Wildman–Crippen MR) is 74.3 cm³/mol. The van der Waals surface area contributed by atoms with Crippen LogP contribution in [0.15, 0.2) is 18.2 Å². The van der Waals surface area contributed by atoms with E-state index in [4.69, 9.17) is 21.4 Å². The first kappa shape index (κ1) is 14.5. The quantitative estimate of drug-likeness (QED) is 0.894. The maximum atomic E-state index is 11.9. The molecule has 7 heteroatoms. The summed E-state index contributed by atoms with van der Waals surface area (Å²) in [5, 5.41) is 11.8. The summed E-state index contributed by atoms with van der Waals surface area (Å²) >= 11 is 5.99. The van der Waals surface area contributed by atoms with E-state index in [1.807, 2.05) is 0 Å². The van der Waals surface area contributed by atoms with Crippen LogP contribution >= 0.6 is 11.6 Å². The maximum absolute atomic E-state index is 11.9. The molecule has 0 unspecified atom stereocenters. The number of amides is 2. The van der Waals surface area contributed by atoms with Crippen LogP contribution < -0.4 is 10.1 Å². The molecule has 20 heavy (non-hydrogen) atoms. The average molecular weight is 299 g/mol. The zero-order chi connectivity index (χ0) is 14.7. The second-order valence-corrected chi connectivity index (χ2v) is 5.05. The van der Waals surface area contributed by atoms with Crippen molar-refractivity contribution in [2.45, 2.75) is 6.42 Å². The fourth-order valence-corrected chi connectivity index (χ4v) is 2.20. The fourth-order valence-electron chi connectivity index (χ4n) is 2.03. The summed E-state index contributed by atoms with van der Waals surface area (Å²) < 4.78 is 5.06. The van der Waals surface area contributed by atoms with Gasteiger partial charge in [0, 0.05) is 25.1 Å². The van der Waals surface area contributed by atoms with Gasteiger partial charge in [-0.3, -0.25) is 4.79 Å². The fraction of sp³-hybridized carbons (Fsp3) is 0.385. The number of carbonyl (C=O) groups excluding carboxylic acids is 1. The minimum Gasteiger partial charge on any atom is -0.497 e. The number of rotatable bonds is 4. The lowest BCUT2D eigenvalue weighted by Crippen LogP contribution is -2.52. The molecule has 2 N–H and O–H groups in total. The van der Waals surface area contributed by atoms with Crippen molar-refractivity contribution in [2.75, 3.05) is 25.5 Å². The van der Waals surface area contributed by atoms with Crippen molar-refractivity contribution < 1.29 is 19.4 Å². The predicted octanol–water partition coefficient (Wildman–Crippen LogP) is 2.29. The molecular weight excluding hydrogens is 284 g/mol. The van der Waals surface area contributed by atoms with Crippen LogP contribution in [0.2, 0.25) is 5.02 Å². The number of anilines is 1. The van der Waals surface area contributed by atoms with E-state index in [0.29, 0.717) is 29.5 Å². The minimum atomic E-state index is -0.842. The number of ether oxygens (including phenoxy) is 1. The molecule has 1 saturated heterocycles. The van der Waals surface area contributed by atoms with E-state index < -0.39 is 5.97 Å². The number of aliphatic carboxylic acids is 1. The smallest absolute Gasteiger partial charge is 0.321 e. The standard InChI is InChI=1S/C13H15ClN2O4/c1-20-9-2-3-10(14)11(5-9)15-13(19)16-6-8(7-16)4-12(17)18/h2-3,5,8H,4,6-7H2,1H3,(H,15,19)(H,17,18). The SMILES string of the molecule is COc1ccc(Cl)c(NC(=O)N2CC(CC(=O)O)C2)c1. The summed E-state index contributed by atoms with van der Waals surface area (Å²) in [4.78, 5) is 24.0. The van der Waals surface area contributed by atoms with Gasteiger partial charge in [0.1, 0.15) is 5.75 Å². The number of hydrogen-bond acceptors (Lipinski definition) is 3. The van der Waals surface area contributed by atoms with Gasteiger partial charge in [0.15, 0.2) is 0 Å². The van der Waals surface area contributed by atoms with Gasteiger partial charge in [0.2, 0.25) is 0 Å². The highest BCUT2D eigenvalue weighted by atomic mass is 35.5. The van der Waals surface area contributed by atoms with Crippen LogP contribution in [0.5, 0.6) is 5.75 Å². The number of likely N-dealkylation sites (tertiary alicyclic amines) is 1. The third kappa shape index (κ3) is 3.33. The van der Waals surface area contributed by atoms with Crippen LogP contribution in [0, 0.1) is 5.92 Å². The van der Waals surface area contributed by atoms with E-state index >= 15 is 0 Å². The molecule has 2 amide bonds. The minimum absolute atomic E-state index is 0.0269. The largest absolute Gasteiger partial charge is 0.497 e. The molecule has 0 bridgehead atoms. The number of carboxylic acids is 1. The number of nitrogens with one attached hydrogen (secondary N) is 1. The monoisotopic (exact) mass is 298 g/mol. The molecule has 1 aliphatic heterocycles. The van der Waals surface area contributed by atoms with Gasteiger partial charge >= 0.3 is 12.0 Å². The Morgan fingerprint density at radius 1 is 1.50 bits per heavy atom.